The molecule has 0 aromatic carbocycles. The maximum atomic E-state index is 12.3. The molecular weight excluding hydrogens is 256 g/mol. The highest BCUT2D eigenvalue weighted by Gasteiger charge is 2.16. The van der Waals surface area contributed by atoms with Gasteiger partial charge in [0, 0.05) is 0 Å². The summed E-state index contributed by atoms with van der Waals surface area (Å²) in [5.74, 6) is 1.56. The van der Waals surface area contributed by atoms with Crippen molar-refractivity contribution in [2.75, 3.05) is 13.1 Å². The van der Waals surface area contributed by atoms with Crippen LogP contribution in [0.25, 0.3) is 0 Å². The smallest absolute Gasteiger partial charge is 0.237 e. The molecule has 0 fully saturated rings. The van der Waals surface area contributed by atoms with Crippen molar-refractivity contribution >= 4 is 5.91 Å². The predicted molar refractivity (Wildman–Crippen MR) is 74.8 cm³/mol. The fourth-order valence-electron chi connectivity index (χ4n) is 1.90. The predicted octanol–water partition coefficient (Wildman–Crippen LogP) is 2.40. The van der Waals surface area contributed by atoms with Gasteiger partial charge in [-0.1, -0.05) is 6.92 Å². The van der Waals surface area contributed by atoms with Crippen LogP contribution in [0.5, 0.6) is 0 Å². The molecule has 5 heteroatoms. The first kappa shape index (κ1) is 14.4. The Balaban J connectivity index is 1.97. The molecule has 2 rings (SSSR count). The topological polar surface area (TPSA) is 58.6 Å². The monoisotopic (exact) mass is 276 g/mol. The van der Waals surface area contributed by atoms with Crippen molar-refractivity contribution in [1.29, 1.82) is 0 Å². The van der Waals surface area contributed by atoms with Gasteiger partial charge < -0.3 is 19.1 Å². The van der Waals surface area contributed by atoms with Gasteiger partial charge in [0.15, 0.2) is 0 Å². The zero-order chi connectivity index (χ0) is 14.2. The second-order valence-electron chi connectivity index (χ2n) is 4.59. The normalized spacial score (nSPS) is 10.7. The fourth-order valence-corrected chi connectivity index (χ4v) is 1.90. The highest BCUT2D eigenvalue weighted by molar-refractivity contribution is 5.78. The minimum Gasteiger partial charge on any atom is -0.467 e. The van der Waals surface area contributed by atoms with Crippen LogP contribution >= 0.6 is 0 Å². The van der Waals surface area contributed by atoms with E-state index in [0.29, 0.717) is 19.6 Å². The number of hydrogen-bond donors (Lipinski definition) is 1. The SMILES string of the molecule is CCCNCC(=O)N(Cc1ccco1)Cc1ccco1. The molecule has 2 aromatic heterocycles. The van der Waals surface area contributed by atoms with Crippen LogP contribution in [0.1, 0.15) is 24.9 Å². The van der Waals surface area contributed by atoms with Crippen molar-refractivity contribution in [3.63, 3.8) is 0 Å². The molecule has 5 nitrogen and oxygen atoms in total. The van der Waals surface area contributed by atoms with E-state index < -0.39 is 0 Å². The number of nitrogens with one attached hydrogen (secondary N) is 1. The van der Waals surface area contributed by atoms with E-state index in [1.807, 2.05) is 24.3 Å². The van der Waals surface area contributed by atoms with Gasteiger partial charge in [0.2, 0.25) is 5.91 Å². The molecular formula is C15H20N2O3. The number of hydrogen-bond acceptors (Lipinski definition) is 4. The van der Waals surface area contributed by atoms with Gasteiger partial charge in [-0.05, 0) is 37.2 Å². The van der Waals surface area contributed by atoms with E-state index in [0.717, 1.165) is 24.5 Å². The molecule has 0 spiro atoms. The van der Waals surface area contributed by atoms with Crippen LogP contribution in [0.2, 0.25) is 0 Å². The van der Waals surface area contributed by atoms with Gasteiger partial charge >= 0.3 is 0 Å². The van der Waals surface area contributed by atoms with E-state index in [1.54, 1.807) is 17.4 Å². The molecule has 1 amide bonds. The van der Waals surface area contributed by atoms with Crippen LogP contribution in [-0.4, -0.2) is 23.9 Å². The summed E-state index contributed by atoms with van der Waals surface area (Å²) in [6, 6.07) is 7.37. The lowest BCUT2D eigenvalue weighted by molar-refractivity contribution is -0.132. The summed E-state index contributed by atoms with van der Waals surface area (Å²) in [5.41, 5.74) is 0. The Hall–Kier alpha value is -2.01. The first-order valence-corrected chi connectivity index (χ1v) is 6.83. The molecule has 0 unspecified atom stereocenters. The number of carbonyl (C=O) groups is 1. The number of carbonyl (C=O) groups excluding carboxylic acids is 1. The number of furan rings is 2. The lowest BCUT2D eigenvalue weighted by atomic mass is 10.3. The summed E-state index contributed by atoms with van der Waals surface area (Å²) in [6.45, 7) is 4.12. The molecule has 0 aliphatic rings. The molecule has 2 aromatic rings. The largest absolute Gasteiger partial charge is 0.467 e. The second kappa shape index (κ2) is 7.55. The maximum Gasteiger partial charge on any atom is 0.237 e. The van der Waals surface area contributed by atoms with Crippen LogP contribution in [0.3, 0.4) is 0 Å². The Kier molecular flexibility index (Phi) is 5.43. The van der Waals surface area contributed by atoms with Gasteiger partial charge in [-0.3, -0.25) is 4.79 Å². The van der Waals surface area contributed by atoms with Crippen molar-refractivity contribution in [3.05, 3.63) is 48.3 Å². The lowest BCUT2D eigenvalue weighted by Gasteiger charge is -2.20. The molecule has 20 heavy (non-hydrogen) atoms. The highest BCUT2D eigenvalue weighted by atomic mass is 16.3. The first-order chi connectivity index (χ1) is 9.79. The van der Waals surface area contributed by atoms with E-state index in [9.17, 15) is 4.79 Å². The van der Waals surface area contributed by atoms with Crippen molar-refractivity contribution in [2.24, 2.45) is 0 Å². The highest BCUT2D eigenvalue weighted by Crippen LogP contribution is 2.11. The van der Waals surface area contributed by atoms with E-state index >= 15 is 0 Å². The summed E-state index contributed by atoms with van der Waals surface area (Å²) in [7, 11) is 0. The zero-order valence-corrected chi connectivity index (χ0v) is 11.7. The van der Waals surface area contributed by atoms with Crippen molar-refractivity contribution < 1.29 is 13.6 Å². The lowest BCUT2D eigenvalue weighted by Crippen LogP contribution is -2.37. The molecule has 108 valence electrons. The van der Waals surface area contributed by atoms with Gasteiger partial charge in [0.25, 0.3) is 0 Å². The van der Waals surface area contributed by atoms with E-state index in [2.05, 4.69) is 12.2 Å². The van der Waals surface area contributed by atoms with Gasteiger partial charge in [-0.15, -0.1) is 0 Å². The van der Waals surface area contributed by atoms with E-state index in [-0.39, 0.29) is 5.91 Å². The van der Waals surface area contributed by atoms with Crippen LogP contribution in [0.4, 0.5) is 0 Å². The van der Waals surface area contributed by atoms with Gasteiger partial charge in [0.1, 0.15) is 11.5 Å². The molecule has 0 saturated heterocycles. The van der Waals surface area contributed by atoms with Crippen LogP contribution in [-0.2, 0) is 17.9 Å². The third-order valence-corrected chi connectivity index (χ3v) is 2.91. The third kappa shape index (κ3) is 4.28. The Morgan fingerprint density at radius 2 is 1.75 bits per heavy atom. The van der Waals surface area contributed by atoms with Crippen LogP contribution in [0.15, 0.2) is 45.6 Å². The van der Waals surface area contributed by atoms with Crippen LogP contribution in [0, 0.1) is 0 Å². The number of amides is 1. The zero-order valence-electron chi connectivity index (χ0n) is 11.7. The molecule has 0 atom stereocenters. The maximum absolute atomic E-state index is 12.3. The molecule has 0 aliphatic heterocycles. The Labute approximate surface area is 118 Å². The summed E-state index contributed by atoms with van der Waals surface area (Å²) in [6.07, 6.45) is 4.23. The summed E-state index contributed by atoms with van der Waals surface area (Å²) >= 11 is 0. The Bertz CT molecular complexity index is 455. The van der Waals surface area contributed by atoms with Crippen LogP contribution < -0.4 is 5.32 Å². The molecule has 0 radical (unpaired) electrons. The number of nitrogens with zero attached hydrogens (tertiary/aromatic N) is 1. The van der Waals surface area contributed by atoms with Crippen molar-refractivity contribution in [2.45, 2.75) is 26.4 Å². The Morgan fingerprint density at radius 3 is 2.20 bits per heavy atom. The molecule has 0 aliphatic carbocycles. The standard InChI is InChI=1S/C15H20N2O3/c1-2-7-16-10-15(18)17(11-13-5-3-8-19-13)12-14-6-4-9-20-14/h3-6,8-9,16H,2,7,10-12H2,1H3. The molecule has 0 saturated carbocycles. The molecule has 1 N–H and O–H groups in total. The first-order valence-electron chi connectivity index (χ1n) is 6.83. The third-order valence-electron chi connectivity index (χ3n) is 2.91. The summed E-state index contributed by atoms with van der Waals surface area (Å²) in [4.78, 5) is 14.0. The fraction of sp³-hybridized carbons (Fsp3) is 0.400. The minimum absolute atomic E-state index is 0.0336. The number of rotatable bonds is 8. The van der Waals surface area contributed by atoms with E-state index in [4.69, 9.17) is 8.83 Å². The Morgan fingerprint density at radius 1 is 1.15 bits per heavy atom. The van der Waals surface area contributed by atoms with Crippen molar-refractivity contribution in [1.82, 2.24) is 10.2 Å². The summed E-state index contributed by atoms with van der Waals surface area (Å²) < 4.78 is 10.6. The molecule has 2 heterocycles. The summed E-state index contributed by atoms with van der Waals surface area (Å²) in [5, 5.41) is 3.12. The second-order valence-corrected chi connectivity index (χ2v) is 4.59. The quantitative estimate of drug-likeness (QED) is 0.752. The van der Waals surface area contributed by atoms with Gasteiger partial charge in [-0.25, -0.2) is 0 Å². The average Bonchev–Trinajstić information content (AvgIpc) is 3.11. The van der Waals surface area contributed by atoms with E-state index in [1.165, 1.54) is 0 Å². The minimum atomic E-state index is 0.0336. The van der Waals surface area contributed by atoms with Gasteiger partial charge in [0.05, 0.1) is 32.2 Å². The van der Waals surface area contributed by atoms with Gasteiger partial charge in [-0.2, -0.15) is 0 Å². The van der Waals surface area contributed by atoms with Crippen molar-refractivity contribution in [3.8, 4) is 0 Å². The average molecular weight is 276 g/mol. The molecule has 0 bridgehead atoms.